The first-order valence-electron chi connectivity index (χ1n) is 7.61. The molecule has 2 rings (SSSR count). The zero-order valence-corrected chi connectivity index (χ0v) is 13.1. The molecule has 5 heteroatoms. The first-order chi connectivity index (χ1) is 8.94. The Kier molecular flexibility index (Phi) is 5.26. The Morgan fingerprint density at radius 1 is 1.21 bits per heavy atom. The molecule has 0 radical (unpaired) electrons. The summed E-state index contributed by atoms with van der Waals surface area (Å²) >= 11 is 0. The molecule has 2 fully saturated rings. The van der Waals surface area contributed by atoms with Gasteiger partial charge in [0.15, 0.2) is 9.84 Å². The van der Waals surface area contributed by atoms with Crippen molar-refractivity contribution < 1.29 is 8.42 Å². The Morgan fingerprint density at radius 2 is 1.89 bits per heavy atom. The fraction of sp³-hybridized carbons (Fsp3) is 1.00. The summed E-state index contributed by atoms with van der Waals surface area (Å²) < 4.78 is 22.8. The molecule has 2 saturated heterocycles. The first-order valence-corrected chi connectivity index (χ1v) is 9.43. The number of sulfone groups is 1. The van der Waals surface area contributed by atoms with Gasteiger partial charge in [-0.25, -0.2) is 8.42 Å². The number of nitrogens with one attached hydrogen (secondary N) is 1. The Bertz CT molecular complexity index is 373. The molecule has 0 saturated carbocycles. The summed E-state index contributed by atoms with van der Waals surface area (Å²) in [4.78, 5) is 2.54. The van der Waals surface area contributed by atoms with E-state index in [-0.39, 0.29) is 0 Å². The van der Waals surface area contributed by atoms with E-state index < -0.39 is 9.84 Å². The second-order valence-corrected chi connectivity index (χ2v) is 8.87. The Hall–Kier alpha value is -0.130. The van der Waals surface area contributed by atoms with Crippen molar-refractivity contribution in [1.29, 1.82) is 0 Å². The molecular weight excluding hydrogens is 260 g/mol. The summed E-state index contributed by atoms with van der Waals surface area (Å²) in [6, 6.07) is 0.590. The lowest BCUT2D eigenvalue weighted by Crippen LogP contribution is -2.44. The van der Waals surface area contributed by atoms with Crippen molar-refractivity contribution in [1.82, 2.24) is 10.2 Å². The molecule has 0 spiro atoms. The molecular formula is C14H28N2O2S. The van der Waals surface area contributed by atoms with Gasteiger partial charge in [0, 0.05) is 12.6 Å². The van der Waals surface area contributed by atoms with Gasteiger partial charge >= 0.3 is 0 Å². The van der Waals surface area contributed by atoms with Crippen LogP contribution in [0.1, 0.15) is 33.1 Å². The van der Waals surface area contributed by atoms with Crippen LogP contribution in [0.2, 0.25) is 0 Å². The fourth-order valence-corrected chi connectivity index (χ4v) is 5.06. The van der Waals surface area contributed by atoms with Crippen LogP contribution in [-0.2, 0) is 9.84 Å². The standard InChI is InChI=1S/C14H28N2O2S/c1-12(2)10-16-6-3-14(4-7-16)15-9-13-5-8-19(17,18)11-13/h12-15H,3-11H2,1-2H3. The minimum absolute atomic E-state index is 0.346. The van der Waals surface area contributed by atoms with Crippen LogP contribution in [0.5, 0.6) is 0 Å². The van der Waals surface area contributed by atoms with Crippen LogP contribution in [0, 0.1) is 11.8 Å². The third-order valence-electron chi connectivity index (χ3n) is 4.23. The third-order valence-corrected chi connectivity index (χ3v) is 6.07. The van der Waals surface area contributed by atoms with Crippen molar-refractivity contribution in [3.05, 3.63) is 0 Å². The fourth-order valence-electron chi connectivity index (χ4n) is 3.20. The number of hydrogen-bond donors (Lipinski definition) is 1. The van der Waals surface area contributed by atoms with E-state index in [9.17, 15) is 8.42 Å². The Morgan fingerprint density at radius 3 is 2.42 bits per heavy atom. The van der Waals surface area contributed by atoms with Crippen LogP contribution in [0.4, 0.5) is 0 Å². The highest BCUT2D eigenvalue weighted by atomic mass is 32.2. The lowest BCUT2D eigenvalue weighted by Gasteiger charge is -2.33. The summed E-state index contributed by atoms with van der Waals surface area (Å²) in [7, 11) is -2.72. The second kappa shape index (κ2) is 6.55. The molecule has 19 heavy (non-hydrogen) atoms. The molecule has 1 N–H and O–H groups in total. The Labute approximate surface area is 117 Å². The molecule has 4 nitrogen and oxygen atoms in total. The van der Waals surface area contributed by atoms with E-state index >= 15 is 0 Å². The van der Waals surface area contributed by atoms with Crippen LogP contribution < -0.4 is 5.32 Å². The molecule has 0 aliphatic carbocycles. The zero-order valence-electron chi connectivity index (χ0n) is 12.3. The van der Waals surface area contributed by atoms with Gasteiger partial charge in [0.25, 0.3) is 0 Å². The molecule has 0 amide bonds. The van der Waals surface area contributed by atoms with Gasteiger partial charge in [-0.15, -0.1) is 0 Å². The number of rotatable bonds is 5. The predicted molar refractivity (Wildman–Crippen MR) is 79.1 cm³/mol. The monoisotopic (exact) mass is 288 g/mol. The van der Waals surface area contributed by atoms with Crippen LogP contribution in [-0.4, -0.2) is 57.0 Å². The highest BCUT2D eigenvalue weighted by molar-refractivity contribution is 7.91. The van der Waals surface area contributed by atoms with E-state index in [2.05, 4.69) is 24.1 Å². The van der Waals surface area contributed by atoms with Crippen molar-refractivity contribution in [2.75, 3.05) is 37.7 Å². The highest BCUT2D eigenvalue weighted by Crippen LogP contribution is 2.18. The van der Waals surface area contributed by atoms with Gasteiger partial charge in [0.1, 0.15) is 0 Å². The maximum Gasteiger partial charge on any atom is 0.150 e. The van der Waals surface area contributed by atoms with Gasteiger partial charge in [0.2, 0.25) is 0 Å². The van der Waals surface area contributed by atoms with Crippen molar-refractivity contribution >= 4 is 9.84 Å². The number of hydrogen-bond acceptors (Lipinski definition) is 4. The summed E-state index contributed by atoms with van der Waals surface area (Å²) in [5.41, 5.74) is 0. The number of piperidine rings is 1. The van der Waals surface area contributed by atoms with Gasteiger partial charge in [-0.1, -0.05) is 13.8 Å². The van der Waals surface area contributed by atoms with E-state index in [0.717, 1.165) is 18.9 Å². The molecule has 0 aromatic heterocycles. The summed E-state index contributed by atoms with van der Waals surface area (Å²) in [6.45, 7) is 8.98. The van der Waals surface area contributed by atoms with Gasteiger partial charge in [0.05, 0.1) is 11.5 Å². The smallest absolute Gasteiger partial charge is 0.150 e. The van der Waals surface area contributed by atoms with Crippen molar-refractivity contribution in [3.63, 3.8) is 0 Å². The van der Waals surface area contributed by atoms with Crippen molar-refractivity contribution in [2.45, 2.75) is 39.2 Å². The van der Waals surface area contributed by atoms with E-state index in [0.29, 0.717) is 23.5 Å². The molecule has 0 bridgehead atoms. The van der Waals surface area contributed by atoms with Crippen LogP contribution >= 0.6 is 0 Å². The molecule has 2 aliphatic rings. The average molecular weight is 288 g/mol. The van der Waals surface area contributed by atoms with E-state index in [1.165, 1.54) is 32.5 Å². The largest absolute Gasteiger partial charge is 0.314 e. The molecule has 0 aromatic rings. The number of likely N-dealkylation sites (tertiary alicyclic amines) is 1. The van der Waals surface area contributed by atoms with Crippen LogP contribution in [0.25, 0.3) is 0 Å². The molecule has 112 valence electrons. The minimum Gasteiger partial charge on any atom is -0.314 e. The predicted octanol–water partition coefficient (Wildman–Crippen LogP) is 1.13. The van der Waals surface area contributed by atoms with E-state index in [1.807, 2.05) is 0 Å². The normalized spacial score (nSPS) is 29.1. The third kappa shape index (κ3) is 5.04. The van der Waals surface area contributed by atoms with Gasteiger partial charge in [-0.3, -0.25) is 0 Å². The maximum absolute atomic E-state index is 11.4. The molecule has 2 aliphatic heterocycles. The molecule has 0 aromatic carbocycles. The van der Waals surface area contributed by atoms with Crippen LogP contribution in [0.15, 0.2) is 0 Å². The topological polar surface area (TPSA) is 49.4 Å². The van der Waals surface area contributed by atoms with E-state index in [1.54, 1.807) is 0 Å². The summed E-state index contributed by atoms with van der Waals surface area (Å²) in [5, 5.41) is 3.58. The molecule has 1 unspecified atom stereocenters. The highest BCUT2D eigenvalue weighted by Gasteiger charge is 2.28. The zero-order chi connectivity index (χ0) is 13.9. The summed E-state index contributed by atoms with van der Waals surface area (Å²) in [5.74, 6) is 1.88. The van der Waals surface area contributed by atoms with Gasteiger partial charge in [-0.05, 0) is 50.7 Å². The van der Waals surface area contributed by atoms with Crippen LogP contribution in [0.3, 0.4) is 0 Å². The molecule has 1 atom stereocenters. The average Bonchev–Trinajstić information content (AvgIpc) is 2.67. The quantitative estimate of drug-likeness (QED) is 0.824. The van der Waals surface area contributed by atoms with Crippen molar-refractivity contribution in [2.24, 2.45) is 11.8 Å². The second-order valence-electron chi connectivity index (χ2n) is 6.65. The van der Waals surface area contributed by atoms with E-state index in [4.69, 9.17) is 0 Å². The van der Waals surface area contributed by atoms with Crippen molar-refractivity contribution in [3.8, 4) is 0 Å². The SMILES string of the molecule is CC(C)CN1CCC(NCC2CCS(=O)(=O)C2)CC1. The number of nitrogens with zero attached hydrogens (tertiary/aromatic N) is 1. The molecule has 2 heterocycles. The lowest BCUT2D eigenvalue weighted by molar-refractivity contribution is 0.178. The lowest BCUT2D eigenvalue weighted by atomic mass is 10.0. The Balaban J connectivity index is 1.64. The van der Waals surface area contributed by atoms with Gasteiger partial charge in [-0.2, -0.15) is 0 Å². The first kappa shape index (κ1) is 15.3. The van der Waals surface area contributed by atoms with Gasteiger partial charge < -0.3 is 10.2 Å². The maximum atomic E-state index is 11.4. The summed E-state index contributed by atoms with van der Waals surface area (Å²) in [6.07, 6.45) is 3.25. The minimum atomic E-state index is -2.72.